The highest BCUT2D eigenvalue weighted by atomic mass is 16.5. The first-order valence-corrected chi connectivity index (χ1v) is 7.47. The number of hydrogen-bond donors (Lipinski definition) is 1. The monoisotopic (exact) mass is 255 g/mol. The molecule has 3 heteroatoms. The summed E-state index contributed by atoms with van der Waals surface area (Å²) in [6.07, 6.45) is 5.40. The molecule has 0 amide bonds. The predicted octanol–water partition coefficient (Wildman–Crippen LogP) is 2.59. The van der Waals surface area contributed by atoms with Gasteiger partial charge in [0, 0.05) is 37.1 Å². The molecule has 4 atom stereocenters. The number of fused-ring (bicyclic) bond motifs is 1. The molecule has 3 nitrogen and oxygen atoms in total. The van der Waals surface area contributed by atoms with E-state index in [1.165, 1.54) is 25.7 Å². The first-order valence-electron chi connectivity index (χ1n) is 7.47. The average molecular weight is 255 g/mol. The van der Waals surface area contributed by atoms with Crippen LogP contribution in [-0.2, 0) is 9.47 Å². The lowest BCUT2D eigenvalue weighted by Crippen LogP contribution is -2.70. The quantitative estimate of drug-likeness (QED) is 0.791. The maximum absolute atomic E-state index is 5.95. The second-order valence-corrected chi connectivity index (χ2v) is 6.50. The third kappa shape index (κ3) is 2.59. The summed E-state index contributed by atoms with van der Waals surface area (Å²) in [7, 11) is 1.79. The Morgan fingerprint density at radius 2 is 2.22 bits per heavy atom. The van der Waals surface area contributed by atoms with Crippen molar-refractivity contribution in [1.29, 1.82) is 0 Å². The van der Waals surface area contributed by atoms with Crippen molar-refractivity contribution in [2.45, 2.75) is 64.6 Å². The van der Waals surface area contributed by atoms with Gasteiger partial charge in [0.25, 0.3) is 0 Å². The molecule has 0 radical (unpaired) electrons. The number of hydrogen-bond acceptors (Lipinski definition) is 3. The van der Waals surface area contributed by atoms with Gasteiger partial charge in [-0.2, -0.15) is 0 Å². The van der Waals surface area contributed by atoms with Crippen molar-refractivity contribution in [3.8, 4) is 0 Å². The fourth-order valence-corrected chi connectivity index (χ4v) is 3.88. The van der Waals surface area contributed by atoms with Gasteiger partial charge in [0.05, 0.1) is 12.7 Å². The van der Waals surface area contributed by atoms with Gasteiger partial charge in [-0.1, -0.05) is 27.2 Å². The molecule has 1 aliphatic carbocycles. The normalized spacial score (nSPS) is 35.7. The zero-order chi connectivity index (χ0) is 13.2. The van der Waals surface area contributed by atoms with Gasteiger partial charge in [-0.25, -0.2) is 0 Å². The Bertz CT molecular complexity index is 261. The predicted molar refractivity (Wildman–Crippen MR) is 73.7 cm³/mol. The van der Waals surface area contributed by atoms with Gasteiger partial charge in [0.15, 0.2) is 0 Å². The Kier molecular flexibility index (Phi) is 4.68. The lowest BCUT2D eigenvalue weighted by atomic mass is 9.55. The van der Waals surface area contributed by atoms with Crippen LogP contribution < -0.4 is 5.32 Å². The van der Waals surface area contributed by atoms with Crippen LogP contribution in [0.25, 0.3) is 0 Å². The molecule has 1 aliphatic heterocycles. The van der Waals surface area contributed by atoms with Crippen LogP contribution in [0, 0.1) is 11.3 Å². The van der Waals surface area contributed by atoms with Crippen LogP contribution in [0.2, 0.25) is 0 Å². The highest BCUT2D eigenvalue weighted by Crippen LogP contribution is 2.51. The zero-order valence-corrected chi connectivity index (χ0v) is 12.4. The van der Waals surface area contributed by atoms with E-state index in [2.05, 4.69) is 26.1 Å². The largest absolute Gasteiger partial charge is 0.383 e. The van der Waals surface area contributed by atoms with Crippen molar-refractivity contribution in [3.05, 3.63) is 0 Å². The SMILES string of the molecule is CCCC(COC)NC1C2CCCOC2C1(C)C. The topological polar surface area (TPSA) is 30.5 Å². The molecule has 0 aromatic carbocycles. The Morgan fingerprint density at radius 1 is 1.44 bits per heavy atom. The molecule has 0 aromatic rings. The van der Waals surface area contributed by atoms with Gasteiger partial charge in [0.1, 0.15) is 0 Å². The molecule has 0 spiro atoms. The van der Waals surface area contributed by atoms with E-state index in [1.54, 1.807) is 7.11 Å². The lowest BCUT2D eigenvalue weighted by molar-refractivity contribution is -0.195. The minimum Gasteiger partial charge on any atom is -0.383 e. The molecule has 0 aromatic heterocycles. The summed E-state index contributed by atoms with van der Waals surface area (Å²) in [5, 5.41) is 3.84. The summed E-state index contributed by atoms with van der Waals surface area (Å²) in [6, 6.07) is 1.08. The van der Waals surface area contributed by atoms with Gasteiger partial charge in [-0.05, 0) is 19.3 Å². The molecule has 2 aliphatic rings. The molecule has 18 heavy (non-hydrogen) atoms. The van der Waals surface area contributed by atoms with Gasteiger partial charge in [-0.3, -0.25) is 0 Å². The fourth-order valence-electron chi connectivity index (χ4n) is 3.88. The number of rotatable bonds is 6. The smallest absolute Gasteiger partial charge is 0.0684 e. The fraction of sp³-hybridized carbons (Fsp3) is 1.00. The van der Waals surface area contributed by atoms with Crippen LogP contribution in [0.15, 0.2) is 0 Å². The van der Waals surface area contributed by atoms with E-state index in [-0.39, 0.29) is 5.41 Å². The van der Waals surface area contributed by atoms with Crippen LogP contribution in [0.3, 0.4) is 0 Å². The minimum absolute atomic E-state index is 0.269. The van der Waals surface area contributed by atoms with Crippen molar-refractivity contribution in [2.75, 3.05) is 20.3 Å². The average Bonchev–Trinajstić information content (AvgIpc) is 2.36. The number of ether oxygens (including phenoxy) is 2. The Morgan fingerprint density at radius 3 is 2.89 bits per heavy atom. The summed E-state index contributed by atoms with van der Waals surface area (Å²) < 4.78 is 11.3. The van der Waals surface area contributed by atoms with E-state index < -0.39 is 0 Å². The molecule has 0 bridgehead atoms. The lowest BCUT2D eigenvalue weighted by Gasteiger charge is -2.60. The van der Waals surface area contributed by atoms with Gasteiger partial charge >= 0.3 is 0 Å². The molecule has 1 heterocycles. The zero-order valence-electron chi connectivity index (χ0n) is 12.4. The molecule has 106 valence electrons. The molecule has 2 fully saturated rings. The van der Waals surface area contributed by atoms with E-state index in [0.29, 0.717) is 24.1 Å². The van der Waals surface area contributed by atoms with Crippen LogP contribution >= 0.6 is 0 Å². The highest BCUT2D eigenvalue weighted by Gasteiger charge is 2.57. The summed E-state index contributed by atoms with van der Waals surface area (Å²) in [5.41, 5.74) is 0.269. The van der Waals surface area contributed by atoms with Crippen molar-refractivity contribution >= 4 is 0 Å². The third-order valence-electron chi connectivity index (χ3n) is 4.75. The molecule has 4 unspecified atom stereocenters. The second-order valence-electron chi connectivity index (χ2n) is 6.50. The summed E-state index contributed by atoms with van der Waals surface area (Å²) >= 11 is 0. The first kappa shape index (κ1) is 14.3. The molecule has 1 saturated carbocycles. The molecular weight excluding hydrogens is 226 g/mol. The summed E-state index contributed by atoms with van der Waals surface area (Å²) in [4.78, 5) is 0. The van der Waals surface area contributed by atoms with E-state index in [9.17, 15) is 0 Å². The number of nitrogens with one attached hydrogen (secondary N) is 1. The van der Waals surface area contributed by atoms with Crippen LogP contribution in [0.4, 0.5) is 0 Å². The maximum Gasteiger partial charge on any atom is 0.0684 e. The van der Waals surface area contributed by atoms with Gasteiger partial charge in [0.2, 0.25) is 0 Å². The van der Waals surface area contributed by atoms with Crippen molar-refractivity contribution in [2.24, 2.45) is 11.3 Å². The van der Waals surface area contributed by atoms with Crippen LogP contribution in [0.1, 0.15) is 46.5 Å². The molecule has 1 saturated heterocycles. The van der Waals surface area contributed by atoms with Gasteiger partial charge < -0.3 is 14.8 Å². The van der Waals surface area contributed by atoms with E-state index in [0.717, 1.165) is 13.2 Å². The standard InChI is InChI=1S/C15H29NO2/c1-5-7-11(10-17-4)16-13-12-8-6-9-18-14(12)15(13,2)3/h11-14,16H,5-10H2,1-4H3. The van der Waals surface area contributed by atoms with Crippen LogP contribution in [0.5, 0.6) is 0 Å². The van der Waals surface area contributed by atoms with E-state index in [1.807, 2.05) is 0 Å². The van der Waals surface area contributed by atoms with Crippen molar-refractivity contribution in [3.63, 3.8) is 0 Å². The highest BCUT2D eigenvalue weighted by molar-refractivity contribution is 5.10. The summed E-state index contributed by atoms with van der Waals surface area (Å²) in [5.74, 6) is 0.713. The Balaban J connectivity index is 1.94. The van der Waals surface area contributed by atoms with E-state index in [4.69, 9.17) is 9.47 Å². The Labute approximate surface area is 112 Å². The summed E-state index contributed by atoms with van der Waals surface area (Å²) in [6.45, 7) is 8.69. The third-order valence-corrected chi connectivity index (χ3v) is 4.75. The number of methoxy groups -OCH3 is 1. The van der Waals surface area contributed by atoms with E-state index >= 15 is 0 Å². The van der Waals surface area contributed by atoms with Gasteiger partial charge in [-0.15, -0.1) is 0 Å². The Hall–Kier alpha value is -0.120. The molecule has 1 N–H and O–H groups in total. The maximum atomic E-state index is 5.95. The minimum atomic E-state index is 0.269. The first-order chi connectivity index (χ1) is 8.61. The second kappa shape index (κ2) is 5.89. The van der Waals surface area contributed by atoms with Crippen LogP contribution in [-0.4, -0.2) is 38.5 Å². The van der Waals surface area contributed by atoms with Crippen molar-refractivity contribution < 1.29 is 9.47 Å². The molecule has 2 rings (SSSR count). The molecular formula is C15H29NO2. The van der Waals surface area contributed by atoms with Crippen molar-refractivity contribution in [1.82, 2.24) is 5.32 Å².